The zero-order chi connectivity index (χ0) is 32.1. The molecule has 0 atom stereocenters. The van der Waals surface area contributed by atoms with Crippen LogP contribution in [-0.2, 0) is 11.2 Å². The Kier molecular flexibility index (Phi) is 11.0. The van der Waals surface area contributed by atoms with Gasteiger partial charge in [0, 0.05) is 34.4 Å². The fourth-order valence-electron chi connectivity index (χ4n) is 5.33. The lowest BCUT2D eigenvalue weighted by Gasteiger charge is -2.35. The number of likely N-dealkylation sites (N-methyl/N-ethyl adjacent to an activating group) is 1. The van der Waals surface area contributed by atoms with Crippen LogP contribution in [-0.4, -0.2) is 54.3 Å². The molecule has 0 amide bonds. The van der Waals surface area contributed by atoms with Crippen molar-refractivity contribution in [3.63, 3.8) is 0 Å². The summed E-state index contributed by atoms with van der Waals surface area (Å²) in [5.41, 5.74) is 2.29. The maximum atomic E-state index is 15.1. The van der Waals surface area contributed by atoms with Crippen molar-refractivity contribution in [3.05, 3.63) is 93.9 Å². The van der Waals surface area contributed by atoms with E-state index in [0.29, 0.717) is 33.8 Å². The third kappa shape index (κ3) is 7.38. The molecule has 0 saturated carbocycles. The second kappa shape index (κ2) is 14.3. The number of thioether (sulfide) groups is 1. The maximum absolute atomic E-state index is 15.1. The van der Waals surface area contributed by atoms with Gasteiger partial charge in [-0.05, 0) is 62.7 Å². The SMILES string of the molecule is CC[N+](CC)(CC)CCOc1cc(F)c(CSc2nc(-c3ccc(F)cc3)c(C(C)(C)c3ccc(Cl)c(OC)c3)[nH]2)c(F)c1. The molecular weight excluding hydrogens is 607 g/mol. The van der Waals surface area contributed by atoms with Gasteiger partial charge in [0.25, 0.3) is 0 Å². The second-order valence-corrected chi connectivity index (χ2v) is 12.6. The first-order valence-corrected chi connectivity index (χ1v) is 16.1. The fraction of sp³-hybridized carbons (Fsp3) is 0.382. The standard InChI is InChI=1S/C34H40ClF3N3O2S/c1-7-41(8-2,9-3)16-17-43-25-19-28(37)26(29(38)20-25)21-44-33-39-31(22-10-13-24(36)14-11-22)32(40-33)34(4,5)23-12-15-27(35)30(18-23)42-6/h10-15,18-20H,7-9,16-17,21H2,1-6H3,(H,39,40)/q+1. The molecule has 0 unspecified atom stereocenters. The number of ether oxygens (including phenoxy) is 2. The molecule has 0 aliphatic carbocycles. The molecule has 0 fully saturated rings. The molecule has 1 N–H and O–H groups in total. The Morgan fingerprint density at radius 1 is 0.932 bits per heavy atom. The molecule has 0 saturated heterocycles. The van der Waals surface area contributed by atoms with Crippen LogP contribution < -0.4 is 9.47 Å². The maximum Gasteiger partial charge on any atom is 0.166 e. The molecule has 4 rings (SSSR count). The molecule has 1 heterocycles. The van der Waals surface area contributed by atoms with Crippen molar-refractivity contribution >= 4 is 23.4 Å². The molecule has 236 valence electrons. The van der Waals surface area contributed by atoms with Gasteiger partial charge in [-0.1, -0.05) is 43.3 Å². The lowest BCUT2D eigenvalue weighted by Crippen LogP contribution is -2.49. The van der Waals surface area contributed by atoms with Crippen LogP contribution in [0.2, 0.25) is 5.02 Å². The number of nitrogens with zero attached hydrogens (tertiary/aromatic N) is 2. The third-order valence-corrected chi connectivity index (χ3v) is 9.82. The van der Waals surface area contributed by atoms with E-state index < -0.39 is 17.0 Å². The first kappa shape index (κ1) is 33.7. The summed E-state index contributed by atoms with van der Waals surface area (Å²) in [6.45, 7) is 14.5. The number of rotatable bonds is 14. The average molecular weight is 647 g/mol. The van der Waals surface area contributed by atoms with Crippen LogP contribution in [0.25, 0.3) is 11.3 Å². The number of aromatic amines is 1. The second-order valence-electron chi connectivity index (χ2n) is 11.3. The molecule has 4 aromatic rings. The quantitative estimate of drug-likeness (QED) is 0.110. The smallest absolute Gasteiger partial charge is 0.166 e. The van der Waals surface area contributed by atoms with Gasteiger partial charge in [0.15, 0.2) is 5.16 Å². The number of hydrogen-bond donors (Lipinski definition) is 1. The molecule has 0 aliphatic rings. The Bertz CT molecular complexity index is 1540. The highest BCUT2D eigenvalue weighted by molar-refractivity contribution is 7.98. The number of methoxy groups -OCH3 is 1. The van der Waals surface area contributed by atoms with Gasteiger partial charge in [0.1, 0.15) is 42.1 Å². The minimum Gasteiger partial charge on any atom is -0.495 e. The molecule has 0 radical (unpaired) electrons. The summed E-state index contributed by atoms with van der Waals surface area (Å²) in [6.07, 6.45) is 0. The lowest BCUT2D eigenvalue weighted by atomic mass is 9.79. The molecule has 10 heteroatoms. The Balaban J connectivity index is 1.59. The Morgan fingerprint density at radius 2 is 1.57 bits per heavy atom. The van der Waals surface area contributed by atoms with Crippen LogP contribution >= 0.6 is 23.4 Å². The van der Waals surface area contributed by atoms with Crippen molar-refractivity contribution in [3.8, 4) is 22.8 Å². The number of hydrogen-bond acceptors (Lipinski definition) is 4. The normalized spacial score (nSPS) is 12.0. The number of H-pyrrole nitrogens is 1. The zero-order valence-electron chi connectivity index (χ0n) is 26.1. The van der Waals surface area contributed by atoms with Gasteiger partial charge in [-0.25, -0.2) is 18.2 Å². The van der Waals surface area contributed by atoms with Crippen LogP contribution in [0.1, 0.15) is 51.4 Å². The zero-order valence-corrected chi connectivity index (χ0v) is 27.6. The predicted molar refractivity (Wildman–Crippen MR) is 172 cm³/mol. The van der Waals surface area contributed by atoms with Crippen molar-refractivity contribution in [2.75, 3.05) is 39.9 Å². The molecule has 5 nitrogen and oxygen atoms in total. The summed E-state index contributed by atoms with van der Waals surface area (Å²) in [6, 6.07) is 14.1. The highest BCUT2D eigenvalue weighted by atomic mass is 35.5. The van der Waals surface area contributed by atoms with Gasteiger partial charge in [-0.15, -0.1) is 0 Å². The van der Waals surface area contributed by atoms with Gasteiger partial charge in [-0.2, -0.15) is 0 Å². The van der Waals surface area contributed by atoms with E-state index in [9.17, 15) is 4.39 Å². The molecule has 3 aromatic carbocycles. The van der Waals surface area contributed by atoms with Crippen LogP contribution in [0, 0.1) is 17.5 Å². The highest BCUT2D eigenvalue weighted by Crippen LogP contribution is 2.41. The van der Waals surface area contributed by atoms with Crippen LogP contribution in [0.3, 0.4) is 0 Å². The average Bonchev–Trinajstić information content (AvgIpc) is 3.45. The van der Waals surface area contributed by atoms with Crippen molar-refractivity contribution in [1.82, 2.24) is 9.97 Å². The monoisotopic (exact) mass is 646 g/mol. The van der Waals surface area contributed by atoms with Crippen LogP contribution in [0.4, 0.5) is 13.2 Å². The van der Waals surface area contributed by atoms with E-state index in [-0.39, 0.29) is 22.9 Å². The van der Waals surface area contributed by atoms with Crippen LogP contribution in [0.5, 0.6) is 11.5 Å². The number of imidazole rings is 1. The summed E-state index contributed by atoms with van der Waals surface area (Å²) in [4.78, 5) is 8.18. The summed E-state index contributed by atoms with van der Waals surface area (Å²) >= 11 is 7.46. The third-order valence-electron chi connectivity index (χ3n) is 8.61. The Morgan fingerprint density at radius 3 is 2.16 bits per heavy atom. The van der Waals surface area contributed by atoms with Gasteiger partial charge in [0.05, 0.1) is 43.2 Å². The summed E-state index contributed by atoms with van der Waals surface area (Å²) in [5.74, 6) is -0.991. The van der Waals surface area contributed by atoms with E-state index >= 15 is 8.78 Å². The van der Waals surface area contributed by atoms with Crippen LogP contribution in [0.15, 0.2) is 59.8 Å². The van der Waals surface area contributed by atoms with E-state index in [1.54, 1.807) is 25.3 Å². The van der Waals surface area contributed by atoms with E-state index in [0.717, 1.165) is 41.9 Å². The molecule has 44 heavy (non-hydrogen) atoms. The summed E-state index contributed by atoms with van der Waals surface area (Å²) in [7, 11) is 1.55. The number of nitrogens with one attached hydrogen (secondary N) is 1. The molecule has 0 spiro atoms. The predicted octanol–water partition coefficient (Wildman–Crippen LogP) is 9.03. The number of quaternary nitrogens is 1. The van der Waals surface area contributed by atoms with E-state index in [1.807, 2.05) is 26.0 Å². The summed E-state index contributed by atoms with van der Waals surface area (Å²) in [5, 5.41) is 0.961. The topological polar surface area (TPSA) is 47.1 Å². The first-order chi connectivity index (χ1) is 21.0. The van der Waals surface area contributed by atoms with Crippen molar-refractivity contribution < 1.29 is 27.1 Å². The van der Waals surface area contributed by atoms with Gasteiger partial charge in [0.2, 0.25) is 0 Å². The molecule has 0 aliphatic heterocycles. The van der Waals surface area contributed by atoms with Crippen molar-refractivity contribution in [1.29, 1.82) is 0 Å². The molecule has 0 bridgehead atoms. The Hall–Kier alpha value is -3.14. The lowest BCUT2D eigenvalue weighted by molar-refractivity contribution is -0.923. The van der Waals surface area contributed by atoms with Gasteiger partial charge >= 0.3 is 0 Å². The van der Waals surface area contributed by atoms with Gasteiger partial charge in [-0.3, -0.25) is 0 Å². The number of aromatic nitrogens is 2. The molecular formula is C34H40ClF3N3O2S+. The number of halogens is 4. The minimum atomic E-state index is -0.672. The van der Waals surface area contributed by atoms with E-state index in [4.69, 9.17) is 26.1 Å². The first-order valence-electron chi connectivity index (χ1n) is 14.8. The highest BCUT2D eigenvalue weighted by Gasteiger charge is 2.31. The van der Waals surface area contributed by atoms with E-state index in [1.165, 1.54) is 36.0 Å². The fourth-order valence-corrected chi connectivity index (χ4v) is 6.41. The Labute approximate surface area is 267 Å². The largest absolute Gasteiger partial charge is 0.495 e. The van der Waals surface area contributed by atoms with Crippen molar-refractivity contribution in [2.45, 2.75) is 50.9 Å². The number of benzene rings is 3. The molecule has 1 aromatic heterocycles. The minimum absolute atomic E-state index is 0.00442. The van der Waals surface area contributed by atoms with E-state index in [2.05, 4.69) is 25.8 Å². The van der Waals surface area contributed by atoms with Gasteiger partial charge < -0.3 is 18.9 Å². The van der Waals surface area contributed by atoms with Crippen molar-refractivity contribution in [2.24, 2.45) is 0 Å². The summed E-state index contributed by atoms with van der Waals surface area (Å²) < 4.78 is 56.1.